The first kappa shape index (κ1) is 9.52. The van der Waals surface area contributed by atoms with E-state index < -0.39 is 0 Å². The van der Waals surface area contributed by atoms with E-state index in [1.54, 1.807) is 0 Å². The lowest BCUT2D eigenvalue weighted by atomic mass is 9.77. The predicted molar refractivity (Wildman–Crippen MR) is 46.6 cm³/mol. The molecule has 0 spiro atoms. The minimum atomic E-state index is -0.276. The molecule has 3 nitrogen and oxygen atoms in total. The Morgan fingerprint density at radius 3 is 2.42 bits per heavy atom. The second-order valence-corrected chi connectivity index (χ2v) is 3.94. The highest BCUT2D eigenvalue weighted by Gasteiger charge is 2.37. The fourth-order valence-electron chi connectivity index (χ4n) is 1.33. The van der Waals surface area contributed by atoms with Crippen LogP contribution in [-0.4, -0.2) is 23.2 Å². The summed E-state index contributed by atoms with van der Waals surface area (Å²) in [6.45, 7) is 3.80. The first-order valence-corrected chi connectivity index (χ1v) is 4.52. The Kier molecular flexibility index (Phi) is 2.73. The van der Waals surface area contributed by atoms with Crippen molar-refractivity contribution in [3.63, 3.8) is 0 Å². The van der Waals surface area contributed by atoms with Gasteiger partial charge >= 0.3 is 0 Å². The van der Waals surface area contributed by atoms with Crippen LogP contribution >= 0.6 is 0 Å². The maximum absolute atomic E-state index is 11.3. The summed E-state index contributed by atoms with van der Waals surface area (Å²) >= 11 is 0. The number of hydrogen-bond acceptors (Lipinski definition) is 2. The third kappa shape index (κ3) is 1.78. The van der Waals surface area contributed by atoms with E-state index in [1.807, 2.05) is 13.8 Å². The monoisotopic (exact) mass is 171 g/mol. The lowest BCUT2D eigenvalue weighted by Gasteiger charge is -2.41. The molecule has 2 N–H and O–H groups in total. The van der Waals surface area contributed by atoms with Crippen LogP contribution in [0.25, 0.3) is 0 Å². The van der Waals surface area contributed by atoms with Crippen LogP contribution in [0.1, 0.15) is 33.1 Å². The van der Waals surface area contributed by atoms with Crippen LogP contribution in [0.3, 0.4) is 0 Å². The van der Waals surface area contributed by atoms with E-state index in [0.717, 1.165) is 19.3 Å². The molecule has 12 heavy (non-hydrogen) atoms. The van der Waals surface area contributed by atoms with Crippen LogP contribution in [-0.2, 0) is 4.79 Å². The highest BCUT2D eigenvalue weighted by molar-refractivity contribution is 5.78. The molecule has 1 aliphatic rings. The molecule has 0 unspecified atom stereocenters. The first-order chi connectivity index (χ1) is 5.59. The third-order valence-electron chi connectivity index (χ3n) is 2.53. The van der Waals surface area contributed by atoms with Crippen LogP contribution < -0.4 is 5.32 Å². The summed E-state index contributed by atoms with van der Waals surface area (Å²) in [5, 5.41) is 11.9. The molecule has 0 radical (unpaired) electrons. The van der Waals surface area contributed by atoms with Crippen molar-refractivity contribution in [1.29, 1.82) is 0 Å². The molecule has 0 bridgehead atoms. The zero-order valence-electron chi connectivity index (χ0n) is 7.76. The van der Waals surface area contributed by atoms with E-state index in [4.69, 9.17) is 5.11 Å². The molecule has 0 aromatic carbocycles. The van der Waals surface area contributed by atoms with Gasteiger partial charge < -0.3 is 10.4 Å². The second kappa shape index (κ2) is 3.44. The van der Waals surface area contributed by atoms with E-state index in [9.17, 15) is 4.79 Å². The average Bonchev–Trinajstić information content (AvgIpc) is 1.96. The molecule has 1 amide bonds. The molecule has 0 heterocycles. The average molecular weight is 171 g/mol. The number of aliphatic hydroxyl groups excluding tert-OH is 1. The van der Waals surface area contributed by atoms with Gasteiger partial charge in [0.25, 0.3) is 0 Å². The fraction of sp³-hybridized carbons (Fsp3) is 0.889. The van der Waals surface area contributed by atoms with Gasteiger partial charge in [0.05, 0.1) is 12.1 Å². The van der Waals surface area contributed by atoms with E-state index in [-0.39, 0.29) is 24.0 Å². The highest BCUT2D eigenvalue weighted by Crippen LogP contribution is 2.31. The minimum absolute atomic E-state index is 0.00836. The minimum Gasteiger partial charge on any atom is -0.394 e. The first-order valence-electron chi connectivity index (χ1n) is 4.52. The Labute approximate surface area is 73.2 Å². The topological polar surface area (TPSA) is 49.3 Å². The number of rotatable bonds is 3. The van der Waals surface area contributed by atoms with Gasteiger partial charge in [-0.3, -0.25) is 4.79 Å². The number of amides is 1. The van der Waals surface area contributed by atoms with Crippen LogP contribution in [0.4, 0.5) is 0 Å². The molecule has 70 valence electrons. The van der Waals surface area contributed by atoms with Gasteiger partial charge in [0.2, 0.25) is 5.91 Å². The summed E-state index contributed by atoms with van der Waals surface area (Å²) in [4.78, 5) is 11.3. The Bertz CT molecular complexity index is 168. The van der Waals surface area contributed by atoms with Crippen molar-refractivity contribution in [1.82, 2.24) is 5.32 Å². The van der Waals surface area contributed by atoms with Crippen molar-refractivity contribution in [3.8, 4) is 0 Å². The number of aliphatic hydroxyl groups is 1. The standard InChI is InChI=1S/C9H17NO2/c1-7(2)8(12)10-9(6-11)4-3-5-9/h7,11H,3-6H2,1-2H3,(H,10,12). The largest absolute Gasteiger partial charge is 0.394 e. The van der Waals surface area contributed by atoms with Crippen molar-refractivity contribution in [2.75, 3.05) is 6.61 Å². The zero-order chi connectivity index (χ0) is 9.19. The second-order valence-electron chi connectivity index (χ2n) is 3.94. The molecule has 0 atom stereocenters. The number of nitrogens with one attached hydrogen (secondary N) is 1. The smallest absolute Gasteiger partial charge is 0.223 e. The van der Waals surface area contributed by atoms with Gasteiger partial charge in [-0.1, -0.05) is 13.8 Å². The van der Waals surface area contributed by atoms with Gasteiger partial charge in [-0.05, 0) is 19.3 Å². The molecule has 0 aromatic rings. The normalized spacial score (nSPS) is 20.3. The SMILES string of the molecule is CC(C)C(=O)NC1(CO)CCC1. The summed E-state index contributed by atoms with van der Waals surface area (Å²) in [7, 11) is 0. The summed E-state index contributed by atoms with van der Waals surface area (Å²) in [6.07, 6.45) is 2.95. The lowest BCUT2D eigenvalue weighted by Crippen LogP contribution is -2.57. The van der Waals surface area contributed by atoms with Crippen LogP contribution in [0.2, 0.25) is 0 Å². The van der Waals surface area contributed by atoms with Gasteiger partial charge in [-0.15, -0.1) is 0 Å². The van der Waals surface area contributed by atoms with Crippen molar-refractivity contribution in [3.05, 3.63) is 0 Å². The van der Waals surface area contributed by atoms with Crippen molar-refractivity contribution < 1.29 is 9.90 Å². The third-order valence-corrected chi connectivity index (χ3v) is 2.53. The molecular formula is C9H17NO2. The van der Waals surface area contributed by atoms with E-state index in [1.165, 1.54) is 0 Å². The number of carbonyl (C=O) groups is 1. The van der Waals surface area contributed by atoms with E-state index in [0.29, 0.717) is 0 Å². The molecule has 0 saturated heterocycles. The Morgan fingerprint density at radius 2 is 2.17 bits per heavy atom. The Hall–Kier alpha value is -0.570. The number of hydrogen-bond donors (Lipinski definition) is 2. The Balaban J connectivity index is 2.43. The van der Waals surface area contributed by atoms with Gasteiger partial charge in [-0.2, -0.15) is 0 Å². The van der Waals surface area contributed by atoms with Crippen LogP contribution in [0.5, 0.6) is 0 Å². The molecule has 3 heteroatoms. The van der Waals surface area contributed by atoms with Crippen molar-refractivity contribution >= 4 is 5.91 Å². The zero-order valence-corrected chi connectivity index (χ0v) is 7.76. The highest BCUT2D eigenvalue weighted by atomic mass is 16.3. The Morgan fingerprint density at radius 1 is 1.58 bits per heavy atom. The quantitative estimate of drug-likeness (QED) is 0.656. The summed E-state index contributed by atoms with van der Waals surface area (Å²) in [5.74, 6) is 0.0535. The van der Waals surface area contributed by atoms with Gasteiger partial charge in [0.1, 0.15) is 0 Å². The summed E-state index contributed by atoms with van der Waals surface area (Å²) in [6, 6.07) is 0. The lowest BCUT2D eigenvalue weighted by molar-refractivity contribution is -0.128. The molecule has 0 aromatic heterocycles. The van der Waals surface area contributed by atoms with E-state index in [2.05, 4.69) is 5.32 Å². The maximum atomic E-state index is 11.3. The molecule has 1 rings (SSSR count). The maximum Gasteiger partial charge on any atom is 0.223 e. The molecule has 1 aliphatic carbocycles. The fourth-order valence-corrected chi connectivity index (χ4v) is 1.33. The van der Waals surface area contributed by atoms with Crippen LogP contribution in [0, 0.1) is 5.92 Å². The summed E-state index contributed by atoms with van der Waals surface area (Å²) < 4.78 is 0. The van der Waals surface area contributed by atoms with Gasteiger partial charge in [-0.25, -0.2) is 0 Å². The molecular weight excluding hydrogens is 154 g/mol. The van der Waals surface area contributed by atoms with Crippen molar-refractivity contribution in [2.45, 2.75) is 38.6 Å². The molecule has 1 saturated carbocycles. The van der Waals surface area contributed by atoms with Gasteiger partial charge in [0.15, 0.2) is 0 Å². The molecule has 0 aliphatic heterocycles. The molecule has 1 fully saturated rings. The van der Waals surface area contributed by atoms with Crippen LogP contribution in [0.15, 0.2) is 0 Å². The predicted octanol–water partition coefficient (Wildman–Crippen LogP) is 0.674. The van der Waals surface area contributed by atoms with Crippen molar-refractivity contribution in [2.24, 2.45) is 5.92 Å². The number of carbonyl (C=O) groups excluding carboxylic acids is 1. The van der Waals surface area contributed by atoms with E-state index >= 15 is 0 Å². The van der Waals surface area contributed by atoms with Gasteiger partial charge in [0, 0.05) is 5.92 Å². The summed E-state index contributed by atoms with van der Waals surface area (Å²) in [5.41, 5.74) is -0.276.